The first-order valence-electron chi connectivity index (χ1n) is 4.79. The number of rotatable bonds is 2. The Morgan fingerprint density at radius 3 is 2.80 bits per heavy atom. The number of pyridine rings is 1. The van der Waals surface area contributed by atoms with Crippen molar-refractivity contribution >= 4 is 10.9 Å². The number of aromatic nitrogens is 1. The standard InChI is InChI=1S/C12H13NO2/c1-8-3-5-10-9(7-15-2)4-6-11(14)12(10)13-8/h3-6,14H,7H2,1-2H3. The molecule has 0 unspecified atom stereocenters. The third kappa shape index (κ3) is 1.78. The minimum Gasteiger partial charge on any atom is -0.506 e. The summed E-state index contributed by atoms with van der Waals surface area (Å²) in [5.41, 5.74) is 2.58. The molecule has 0 aliphatic heterocycles. The van der Waals surface area contributed by atoms with Crippen LogP contribution in [-0.2, 0) is 11.3 Å². The van der Waals surface area contributed by atoms with Crippen molar-refractivity contribution < 1.29 is 9.84 Å². The van der Waals surface area contributed by atoms with E-state index < -0.39 is 0 Å². The van der Waals surface area contributed by atoms with Gasteiger partial charge in [-0.05, 0) is 24.6 Å². The normalized spacial score (nSPS) is 10.8. The van der Waals surface area contributed by atoms with Gasteiger partial charge < -0.3 is 9.84 Å². The molecule has 3 nitrogen and oxygen atoms in total. The lowest BCUT2D eigenvalue weighted by molar-refractivity contribution is 0.186. The molecule has 15 heavy (non-hydrogen) atoms. The molecule has 0 aliphatic carbocycles. The van der Waals surface area contributed by atoms with Gasteiger partial charge in [0.25, 0.3) is 0 Å². The molecule has 1 aromatic carbocycles. The second-order valence-electron chi connectivity index (χ2n) is 3.53. The van der Waals surface area contributed by atoms with Crippen molar-refractivity contribution in [1.29, 1.82) is 0 Å². The second-order valence-corrected chi connectivity index (χ2v) is 3.53. The molecule has 3 heteroatoms. The number of nitrogens with zero attached hydrogens (tertiary/aromatic N) is 1. The van der Waals surface area contributed by atoms with Gasteiger partial charge in [-0.2, -0.15) is 0 Å². The number of benzene rings is 1. The highest BCUT2D eigenvalue weighted by molar-refractivity contribution is 5.87. The molecule has 0 fully saturated rings. The van der Waals surface area contributed by atoms with E-state index in [0.29, 0.717) is 12.1 Å². The summed E-state index contributed by atoms with van der Waals surface area (Å²) in [7, 11) is 1.65. The van der Waals surface area contributed by atoms with Crippen LogP contribution >= 0.6 is 0 Å². The van der Waals surface area contributed by atoms with Crippen LogP contribution in [0.5, 0.6) is 5.75 Å². The van der Waals surface area contributed by atoms with Crippen LogP contribution in [-0.4, -0.2) is 17.2 Å². The molecular weight excluding hydrogens is 190 g/mol. The molecule has 0 saturated heterocycles. The van der Waals surface area contributed by atoms with Gasteiger partial charge in [-0.3, -0.25) is 0 Å². The van der Waals surface area contributed by atoms with Crippen molar-refractivity contribution in [1.82, 2.24) is 4.98 Å². The third-order valence-electron chi connectivity index (χ3n) is 2.37. The molecular formula is C12H13NO2. The Morgan fingerprint density at radius 2 is 2.07 bits per heavy atom. The fraction of sp³-hybridized carbons (Fsp3) is 0.250. The summed E-state index contributed by atoms with van der Waals surface area (Å²) in [6.45, 7) is 2.43. The number of phenolic OH excluding ortho intramolecular Hbond substituents is 1. The first kappa shape index (κ1) is 9.93. The van der Waals surface area contributed by atoms with Gasteiger partial charge in [0.15, 0.2) is 0 Å². The minimum absolute atomic E-state index is 0.216. The Balaban J connectivity index is 2.71. The van der Waals surface area contributed by atoms with E-state index in [9.17, 15) is 5.11 Å². The SMILES string of the molecule is COCc1ccc(O)c2nc(C)ccc12. The molecule has 0 spiro atoms. The maximum Gasteiger partial charge on any atom is 0.141 e. The van der Waals surface area contributed by atoms with Crippen LogP contribution in [0.3, 0.4) is 0 Å². The topological polar surface area (TPSA) is 42.4 Å². The van der Waals surface area contributed by atoms with Crippen LogP contribution in [0, 0.1) is 6.92 Å². The molecule has 1 N–H and O–H groups in total. The molecule has 1 aromatic heterocycles. The zero-order chi connectivity index (χ0) is 10.8. The lowest BCUT2D eigenvalue weighted by Gasteiger charge is -2.07. The Bertz CT molecular complexity index is 494. The Kier molecular flexibility index (Phi) is 2.56. The van der Waals surface area contributed by atoms with Crippen molar-refractivity contribution in [3.63, 3.8) is 0 Å². The van der Waals surface area contributed by atoms with Crippen LogP contribution < -0.4 is 0 Å². The van der Waals surface area contributed by atoms with Crippen LogP contribution in [0.25, 0.3) is 10.9 Å². The van der Waals surface area contributed by atoms with E-state index in [1.165, 1.54) is 0 Å². The maximum absolute atomic E-state index is 9.69. The first-order chi connectivity index (χ1) is 7.22. The zero-order valence-electron chi connectivity index (χ0n) is 8.82. The summed E-state index contributed by atoms with van der Waals surface area (Å²) < 4.78 is 5.10. The second kappa shape index (κ2) is 3.87. The molecule has 2 rings (SSSR count). The fourth-order valence-corrected chi connectivity index (χ4v) is 1.64. The van der Waals surface area contributed by atoms with Crippen LogP contribution in [0.1, 0.15) is 11.3 Å². The average Bonchev–Trinajstić information content (AvgIpc) is 2.23. The van der Waals surface area contributed by atoms with E-state index in [1.54, 1.807) is 13.2 Å². The molecule has 78 valence electrons. The summed E-state index contributed by atoms with van der Waals surface area (Å²) in [4.78, 5) is 4.31. The van der Waals surface area contributed by atoms with E-state index in [0.717, 1.165) is 16.6 Å². The highest BCUT2D eigenvalue weighted by atomic mass is 16.5. The van der Waals surface area contributed by atoms with E-state index in [1.807, 2.05) is 25.1 Å². The lowest BCUT2D eigenvalue weighted by atomic mass is 10.1. The van der Waals surface area contributed by atoms with Crippen molar-refractivity contribution in [3.8, 4) is 5.75 Å². The quantitative estimate of drug-likeness (QED) is 0.814. The summed E-state index contributed by atoms with van der Waals surface area (Å²) >= 11 is 0. The van der Waals surface area contributed by atoms with Crippen molar-refractivity contribution in [2.75, 3.05) is 7.11 Å². The summed E-state index contributed by atoms with van der Waals surface area (Å²) in [5, 5.41) is 10.6. The molecule has 2 aromatic rings. The van der Waals surface area contributed by atoms with Gasteiger partial charge in [0.1, 0.15) is 11.3 Å². The van der Waals surface area contributed by atoms with Gasteiger partial charge in [0, 0.05) is 18.2 Å². The first-order valence-corrected chi connectivity index (χ1v) is 4.79. The lowest BCUT2D eigenvalue weighted by Crippen LogP contribution is -1.92. The summed E-state index contributed by atoms with van der Waals surface area (Å²) in [6.07, 6.45) is 0. The van der Waals surface area contributed by atoms with Gasteiger partial charge in [-0.1, -0.05) is 12.1 Å². The van der Waals surface area contributed by atoms with E-state index in [-0.39, 0.29) is 5.75 Å². The Labute approximate surface area is 88.3 Å². The van der Waals surface area contributed by atoms with Crippen molar-refractivity contribution in [2.24, 2.45) is 0 Å². The Morgan fingerprint density at radius 1 is 1.27 bits per heavy atom. The molecule has 0 radical (unpaired) electrons. The number of methoxy groups -OCH3 is 1. The molecule has 0 saturated carbocycles. The maximum atomic E-state index is 9.69. The number of hydrogen-bond donors (Lipinski definition) is 1. The predicted molar refractivity (Wildman–Crippen MR) is 58.9 cm³/mol. The molecule has 1 heterocycles. The van der Waals surface area contributed by atoms with Gasteiger partial charge in [0.05, 0.1) is 6.61 Å². The van der Waals surface area contributed by atoms with E-state index in [2.05, 4.69) is 4.98 Å². The Hall–Kier alpha value is -1.61. The van der Waals surface area contributed by atoms with Gasteiger partial charge in [0.2, 0.25) is 0 Å². The summed E-state index contributed by atoms with van der Waals surface area (Å²) in [5.74, 6) is 0.216. The highest BCUT2D eigenvalue weighted by Crippen LogP contribution is 2.26. The van der Waals surface area contributed by atoms with Gasteiger partial charge in [-0.15, -0.1) is 0 Å². The highest BCUT2D eigenvalue weighted by Gasteiger charge is 2.06. The number of hydrogen-bond acceptors (Lipinski definition) is 3. The molecule has 0 amide bonds. The number of phenols is 1. The number of aromatic hydroxyl groups is 1. The van der Waals surface area contributed by atoms with Crippen LogP contribution in [0.15, 0.2) is 24.3 Å². The molecule has 0 atom stereocenters. The van der Waals surface area contributed by atoms with E-state index in [4.69, 9.17) is 4.74 Å². The number of fused-ring (bicyclic) bond motifs is 1. The van der Waals surface area contributed by atoms with Crippen LogP contribution in [0.4, 0.5) is 0 Å². The zero-order valence-corrected chi connectivity index (χ0v) is 8.82. The van der Waals surface area contributed by atoms with Crippen molar-refractivity contribution in [3.05, 3.63) is 35.5 Å². The third-order valence-corrected chi connectivity index (χ3v) is 2.37. The van der Waals surface area contributed by atoms with Crippen molar-refractivity contribution in [2.45, 2.75) is 13.5 Å². The van der Waals surface area contributed by atoms with E-state index >= 15 is 0 Å². The monoisotopic (exact) mass is 203 g/mol. The molecule has 0 bridgehead atoms. The van der Waals surface area contributed by atoms with Gasteiger partial charge >= 0.3 is 0 Å². The molecule has 0 aliphatic rings. The van der Waals surface area contributed by atoms with Crippen LogP contribution in [0.2, 0.25) is 0 Å². The summed E-state index contributed by atoms with van der Waals surface area (Å²) in [6, 6.07) is 7.41. The predicted octanol–water partition coefficient (Wildman–Crippen LogP) is 2.40. The minimum atomic E-state index is 0.216. The van der Waals surface area contributed by atoms with Gasteiger partial charge in [-0.25, -0.2) is 4.98 Å². The fourth-order valence-electron chi connectivity index (χ4n) is 1.64. The largest absolute Gasteiger partial charge is 0.506 e. The smallest absolute Gasteiger partial charge is 0.141 e. The average molecular weight is 203 g/mol. The number of ether oxygens (including phenoxy) is 1. The number of aryl methyl sites for hydroxylation is 1.